The molecule has 2 rings (SSSR count). The van der Waals surface area contributed by atoms with E-state index in [2.05, 4.69) is 33.4 Å². The molecule has 1 aliphatic carbocycles. The number of nitrogens with two attached hydrogens (primary N) is 1. The molecule has 1 amide bonds. The van der Waals surface area contributed by atoms with Gasteiger partial charge < -0.3 is 11.1 Å². The van der Waals surface area contributed by atoms with Crippen LogP contribution in [-0.2, 0) is 10.3 Å². The van der Waals surface area contributed by atoms with Crippen LogP contribution in [0.5, 0.6) is 0 Å². The van der Waals surface area contributed by atoms with E-state index in [1.54, 1.807) is 0 Å². The van der Waals surface area contributed by atoms with E-state index in [0.29, 0.717) is 6.42 Å². The minimum Gasteiger partial charge on any atom is -0.347 e. The van der Waals surface area contributed by atoms with Gasteiger partial charge in [0.05, 0.1) is 5.54 Å². The molecule has 18 heavy (non-hydrogen) atoms. The minimum atomic E-state index is -0.126. The third-order valence-corrected chi connectivity index (χ3v) is 3.83. The van der Waals surface area contributed by atoms with Crippen molar-refractivity contribution in [3.63, 3.8) is 0 Å². The predicted molar refractivity (Wildman–Crippen MR) is 76.1 cm³/mol. The van der Waals surface area contributed by atoms with Gasteiger partial charge in [0.25, 0.3) is 0 Å². The van der Waals surface area contributed by atoms with Gasteiger partial charge in [-0.1, -0.05) is 28.1 Å². The summed E-state index contributed by atoms with van der Waals surface area (Å²) in [5.74, 6) is 0.102. The average Bonchev–Trinajstić information content (AvgIpc) is 3.07. The van der Waals surface area contributed by atoms with Crippen molar-refractivity contribution in [2.75, 3.05) is 0 Å². The molecule has 0 bridgehead atoms. The molecule has 1 unspecified atom stereocenters. The second-order valence-corrected chi connectivity index (χ2v) is 6.07. The maximum atomic E-state index is 11.9. The summed E-state index contributed by atoms with van der Waals surface area (Å²) in [6.07, 6.45) is 3.29. The highest BCUT2D eigenvalue weighted by atomic mass is 79.9. The van der Waals surface area contributed by atoms with Gasteiger partial charge in [-0.15, -0.1) is 0 Å². The molecule has 0 heterocycles. The summed E-state index contributed by atoms with van der Waals surface area (Å²) >= 11 is 3.47. The van der Waals surface area contributed by atoms with Crippen LogP contribution in [-0.4, -0.2) is 11.9 Å². The second kappa shape index (κ2) is 5.41. The van der Waals surface area contributed by atoms with Crippen LogP contribution in [0.1, 0.15) is 38.2 Å². The molecule has 1 aromatic rings. The molecule has 0 aliphatic heterocycles. The average molecular weight is 311 g/mol. The zero-order valence-corrected chi connectivity index (χ0v) is 12.2. The molecule has 3 N–H and O–H groups in total. The molecule has 3 nitrogen and oxygen atoms in total. The maximum absolute atomic E-state index is 11.9. The number of halogens is 1. The molecule has 0 aromatic heterocycles. The zero-order valence-electron chi connectivity index (χ0n) is 10.6. The Morgan fingerprint density at radius 2 is 2.28 bits per heavy atom. The van der Waals surface area contributed by atoms with Gasteiger partial charge in [-0.3, -0.25) is 4.79 Å². The van der Waals surface area contributed by atoms with Crippen LogP contribution in [0.2, 0.25) is 0 Å². The summed E-state index contributed by atoms with van der Waals surface area (Å²) in [5, 5.41) is 3.15. The summed E-state index contributed by atoms with van der Waals surface area (Å²) in [7, 11) is 0. The summed E-state index contributed by atoms with van der Waals surface area (Å²) < 4.78 is 1.05. The zero-order chi connectivity index (χ0) is 13.2. The van der Waals surface area contributed by atoms with Gasteiger partial charge >= 0.3 is 0 Å². The Hall–Kier alpha value is -0.870. The molecule has 0 spiro atoms. The lowest BCUT2D eigenvalue weighted by atomic mass is 10.0. The highest BCUT2D eigenvalue weighted by Crippen LogP contribution is 2.46. The predicted octanol–water partition coefficient (Wildman–Crippen LogP) is 2.68. The SMILES string of the molecule is CC(N)CCC(=O)NC1(c2cccc(Br)c2)CC1. The number of carbonyl (C=O) groups is 1. The number of rotatable bonds is 5. The number of nitrogens with one attached hydrogen (secondary N) is 1. The molecule has 1 fully saturated rings. The maximum Gasteiger partial charge on any atom is 0.220 e. The Balaban J connectivity index is 1.98. The Kier molecular flexibility index (Phi) is 4.07. The Bertz CT molecular complexity index is 441. The number of benzene rings is 1. The molecular weight excluding hydrogens is 292 g/mol. The van der Waals surface area contributed by atoms with E-state index in [4.69, 9.17) is 5.73 Å². The van der Waals surface area contributed by atoms with Gasteiger partial charge in [0, 0.05) is 16.9 Å². The topological polar surface area (TPSA) is 55.1 Å². The molecule has 1 saturated carbocycles. The van der Waals surface area contributed by atoms with E-state index in [1.165, 1.54) is 5.56 Å². The van der Waals surface area contributed by atoms with Crippen LogP contribution in [0.3, 0.4) is 0 Å². The first kappa shape index (κ1) is 13.6. The van der Waals surface area contributed by atoms with Gasteiger partial charge in [0.15, 0.2) is 0 Å². The summed E-state index contributed by atoms with van der Waals surface area (Å²) in [6, 6.07) is 8.24. The van der Waals surface area contributed by atoms with Gasteiger partial charge in [0.2, 0.25) is 5.91 Å². The molecule has 1 aromatic carbocycles. The largest absolute Gasteiger partial charge is 0.347 e. The standard InChI is InChI=1S/C14H19BrN2O/c1-10(16)5-6-13(18)17-14(7-8-14)11-3-2-4-12(15)9-11/h2-4,9-10H,5-8,16H2,1H3,(H,17,18). The number of hydrogen-bond donors (Lipinski definition) is 2. The van der Waals surface area contributed by atoms with E-state index in [1.807, 2.05) is 19.1 Å². The van der Waals surface area contributed by atoms with E-state index < -0.39 is 0 Å². The fraction of sp³-hybridized carbons (Fsp3) is 0.500. The van der Waals surface area contributed by atoms with E-state index >= 15 is 0 Å². The summed E-state index contributed by atoms with van der Waals surface area (Å²) in [4.78, 5) is 11.9. The quantitative estimate of drug-likeness (QED) is 0.878. The molecule has 1 aliphatic rings. The monoisotopic (exact) mass is 310 g/mol. The minimum absolute atomic E-state index is 0.0803. The van der Waals surface area contributed by atoms with Crippen LogP contribution in [0, 0.1) is 0 Å². The normalized spacial score (nSPS) is 18.2. The van der Waals surface area contributed by atoms with Crippen LogP contribution in [0.25, 0.3) is 0 Å². The molecule has 0 saturated heterocycles. The number of amides is 1. The first-order valence-electron chi connectivity index (χ1n) is 6.34. The first-order valence-corrected chi connectivity index (χ1v) is 7.14. The highest BCUT2D eigenvalue weighted by molar-refractivity contribution is 9.10. The van der Waals surface area contributed by atoms with E-state index in [9.17, 15) is 4.79 Å². The van der Waals surface area contributed by atoms with E-state index in [0.717, 1.165) is 23.7 Å². The van der Waals surface area contributed by atoms with Crippen molar-refractivity contribution in [2.45, 2.75) is 44.2 Å². The highest BCUT2D eigenvalue weighted by Gasteiger charge is 2.45. The van der Waals surface area contributed by atoms with Gasteiger partial charge in [-0.25, -0.2) is 0 Å². The third kappa shape index (κ3) is 3.33. The van der Waals surface area contributed by atoms with Crippen LogP contribution in [0.4, 0.5) is 0 Å². The van der Waals surface area contributed by atoms with Crippen molar-refractivity contribution in [3.05, 3.63) is 34.3 Å². The number of carbonyl (C=O) groups excluding carboxylic acids is 1. The Morgan fingerprint density at radius 1 is 1.56 bits per heavy atom. The lowest BCUT2D eigenvalue weighted by Gasteiger charge is -2.18. The fourth-order valence-corrected chi connectivity index (χ4v) is 2.48. The molecular formula is C14H19BrN2O. The molecule has 4 heteroatoms. The van der Waals surface area contributed by atoms with Gasteiger partial charge in [-0.05, 0) is 43.9 Å². The Morgan fingerprint density at radius 3 is 2.83 bits per heavy atom. The van der Waals surface area contributed by atoms with Crippen LogP contribution < -0.4 is 11.1 Å². The number of hydrogen-bond acceptors (Lipinski definition) is 2. The summed E-state index contributed by atoms with van der Waals surface area (Å²) in [6.45, 7) is 1.93. The third-order valence-electron chi connectivity index (χ3n) is 3.33. The molecule has 1 atom stereocenters. The van der Waals surface area contributed by atoms with Crippen LogP contribution in [0.15, 0.2) is 28.7 Å². The smallest absolute Gasteiger partial charge is 0.220 e. The molecule has 98 valence electrons. The van der Waals surface area contributed by atoms with E-state index in [-0.39, 0.29) is 17.5 Å². The van der Waals surface area contributed by atoms with Crippen molar-refractivity contribution >= 4 is 21.8 Å². The molecule has 0 radical (unpaired) electrons. The lowest BCUT2D eigenvalue weighted by Crippen LogP contribution is -2.35. The summed E-state index contributed by atoms with van der Waals surface area (Å²) in [5.41, 5.74) is 6.72. The first-order chi connectivity index (χ1) is 8.52. The second-order valence-electron chi connectivity index (χ2n) is 5.16. The van der Waals surface area contributed by atoms with Crippen molar-refractivity contribution in [1.82, 2.24) is 5.32 Å². The van der Waals surface area contributed by atoms with Crippen molar-refractivity contribution in [1.29, 1.82) is 0 Å². The van der Waals surface area contributed by atoms with Crippen molar-refractivity contribution < 1.29 is 4.79 Å². The van der Waals surface area contributed by atoms with Crippen molar-refractivity contribution in [2.24, 2.45) is 5.73 Å². The Labute approximate surface area is 116 Å². The lowest BCUT2D eigenvalue weighted by molar-refractivity contribution is -0.122. The van der Waals surface area contributed by atoms with Gasteiger partial charge in [-0.2, -0.15) is 0 Å². The van der Waals surface area contributed by atoms with Crippen LogP contribution >= 0.6 is 15.9 Å². The van der Waals surface area contributed by atoms with Crippen molar-refractivity contribution in [3.8, 4) is 0 Å². The fourth-order valence-electron chi connectivity index (χ4n) is 2.09. The van der Waals surface area contributed by atoms with Gasteiger partial charge in [0.1, 0.15) is 0 Å².